The van der Waals surface area contributed by atoms with Crippen molar-refractivity contribution in [3.8, 4) is 0 Å². The van der Waals surface area contributed by atoms with E-state index in [4.69, 9.17) is 16.2 Å². The molecular weight excluding hydrogens is 184 g/mol. The summed E-state index contributed by atoms with van der Waals surface area (Å²) in [6.07, 6.45) is 2.54. The zero-order valence-electron chi connectivity index (χ0n) is 7.92. The van der Waals surface area contributed by atoms with Crippen molar-refractivity contribution in [3.05, 3.63) is 0 Å². The molecule has 1 aliphatic carbocycles. The fourth-order valence-electron chi connectivity index (χ4n) is 0.959. The van der Waals surface area contributed by atoms with E-state index in [1.807, 2.05) is 0 Å². The summed E-state index contributed by atoms with van der Waals surface area (Å²) in [5.41, 5.74) is 5.29. The molecule has 1 fully saturated rings. The second kappa shape index (κ2) is 4.80. The van der Waals surface area contributed by atoms with Crippen LogP contribution in [0.1, 0.15) is 19.3 Å². The molecule has 0 saturated heterocycles. The molecule has 6 nitrogen and oxygen atoms in total. The average Bonchev–Trinajstić information content (AvgIpc) is 2.87. The van der Waals surface area contributed by atoms with Crippen LogP contribution in [0.4, 0.5) is 0 Å². The Morgan fingerprint density at radius 2 is 2.29 bits per heavy atom. The first-order valence-electron chi connectivity index (χ1n) is 4.67. The van der Waals surface area contributed by atoms with Gasteiger partial charge < -0.3 is 21.5 Å². The van der Waals surface area contributed by atoms with Crippen molar-refractivity contribution in [1.29, 1.82) is 5.41 Å². The average molecular weight is 200 g/mol. The normalized spacial score (nSPS) is 17.2. The van der Waals surface area contributed by atoms with E-state index in [1.54, 1.807) is 0 Å². The highest BCUT2D eigenvalue weighted by atomic mass is 16.4. The van der Waals surface area contributed by atoms with Crippen LogP contribution in [0.15, 0.2) is 0 Å². The first-order chi connectivity index (χ1) is 6.59. The fourth-order valence-corrected chi connectivity index (χ4v) is 0.959. The van der Waals surface area contributed by atoms with Gasteiger partial charge in [0.05, 0.1) is 0 Å². The lowest BCUT2D eigenvalue weighted by atomic mass is 10.2. The molecule has 6 heteroatoms. The molecule has 0 amide bonds. The summed E-state index contributed by atoms with van der Waals surface area (Å²) in [6.45, 7) is 0.409. The van der Waals surface area contributed by atoms with Crippen LogP contribution in [-0.4, -0.2) is 35.7 Å². The molecule has 1 aliphatic rings. The van der Waals surface area contributed by atoms with Gasteiger partial charge in [-0.2, -0.15) is 0 Å². The third-order valence-electron chi connectivity index (χ3n) is 2.00. The highest BCUT2D eigenvalue weighted by molar-refractivity contribution is 5.77. The largest absolute Gasteiger partial charge is 0.480 e. The van der Waals surface area contributed by atoms with Crippen molar-refractivity contribution >= 4 is 11.9 Å². The summed E-state index contributed by atoms with van der Waals surface area (Å²) < 4.78 is 0. The van der Waals surface area contributed by atoms with Crippen LogP contribution in [0.2, 0.25) is 0 Å². The standard InChI is InChI=1S/C8H16N4O2/c9-6(7(13)14)3-4-11-8(10)12-5-1-2-5/h5-6H,1-4,9H2,(H,13,14)(H3,10,11,12)/t6-/m0/s1. The van der Waals surface area contributed by atoms with Gasteiger partial charge in [0, 0.05) is 12.6 Å². The van der Waals surface area contributed by atoms with Crippen LogP contribution >= 0.6 is 0 Å². The number of rotatable bonds is 5. The van der Waals surface area contributed by atoms with Gasteiger partial charge in [0.25, 0.3) is 0 Å². The Kier molecular flexibility index (Phi) is 3.70. The maximum absolute atomic E-state index is 10.3. The summed E-state index contributed by atoms with van der Waals surface area (Å²) in [5, 5.41) is 21.6. The number of hydrogen-bond acceptors (Lipinski definition) is 3. The Morgan fingerprint density at radius 3 is 2.79 bits per heavy atom. The SMILES string of the molecule is N=C(NCC[C@H](N)C(=O)O)NC1CC1. The van der Waals surface area contributed by atoms with Crippen LogP contribution in [-0.2, 0) is 4.79 Å². The van der Waals surface area contributed by atoms with Crippen molar-refractivity contribution in [1.82, 2.24) is 10.6 Å². The molecule has 0 aliphatic heterocycles. The molecular formula is C8H16N4O2. The monoisotopic (exact) mass is 200 g/mol. The minimum absolute atomic E-state index is 0.255. The van der Waals surface area contributed by atoms with Crippen molar-refractivity contribution in [2.75, 3.05) is 6.54 Å². The maximum atomic E-state index is 10.3. The Labute approximate surface area is 82.4 Å². The summed E-state index contributed by atoms with van der Waals surface area (Å²) in [5.74, 6) is -0.751. The molecule has 0 aromatic heterocycles. The lowest BCUT2D eigenvalue weighted by molar-refractivity contribution is -0.138. The van der Waals surface area contributed by atoms with Crippen molar-refractivity contribution in [2.24, 2.45) is 5.73 Å². The molecule has 0 spiro atoms. The topological polar surface area (TPSA) is 111 Å². The number of guanidine groups is 1. The van der Waals surface area contributed by atoms with E-state index in [-0.39, 0.29) is 5.96 Å². The first-order valence-corrected chi connectivity index (χ1v) is 4.67. The van der Waals surface area contributed by atoms with Crippen LogP contribution in [0.5, 0.6) is 0 Å². The molecule has 1 atom stereocenters. The molecule has 1 rings (SSSR count). The minimum atomic E-state index is -1.01. The van der Waals surface area contributed by atoms with Crippen LogP contribution in [0.25, 0.3) is 0 Å². The third-order valence-corrected chi connectivity index (χ3v) is 2.00. The van der Waals surface area contributed by atoms with Gasteiger partial charge in [-0.05, 0) is 19.3 Å². The Hall–Kier alpha value is -1.30. The van der Waals surface area contributed by atoms with E-state index in [2.05, 4.69) is 10.6 Å². The highest BCUT2D eigenvalue weighted by Crippen LogP contribution is 2.17. The van der Waals surface area contributed by atoms with E-state index in [9.17, 15) is 4.79 Å². The van der Waals surface area contributed by atoms with Crippen LogP contribution < -0.4 is 16.4 Å². The second-order valence-corrected chi connectivity index (χ2v) is 3.45. The molecule has 6 N–H and O–H groups in total. The first kappa shape index (κ1) is 10.8. The second-order valence-electron chi connectivity index (χ2n) is 3.45. The molecule has 0 aromatic carbocycles. The van der Waals surface area contributed by atoms with E-state index < -0.39 is 12.0 Å². The lowest BCUT2D eigenvalue weighted by Gasteiger charge is -2.10. The van der Waals surface area contributed by atoms with Gasteiger partial charge in [0.2, 0.25) is 0 Å². The molecule has 80 valence electrons. The summed E-state index contributed by atoms with van der Waals surface area (Å²) in [7, 11) is 0. The number of nitrogens with one attached hydrogen (secondary N) is 3. The van der Waals surface area contributed by atoms with E-state index in [0.29, 0.717) is 19.0 Å². The van der Waals surface area contributed by atoms with Gasteiger partial charge in [-0.1, -0.05) is 0 Å². The van der Waals surface area contributed by atoms with Gasteiger partial charge in [-0.15, -0.1) is 0 Å². The molecule has 0 radical (unpaired) electrons. The van der Waals surface area contributed by atoms with E-state index >= 15 is 0 Å². The number of carbonyl (C=O) groups is 1. The fraction of sp³-hybridized carbons (Fsp3) is 0.750. The number of carboxylic acid groups (broad SMARTS) is 1. The summed E-state index contributed by atoms with van der Waals surface area (Å²) in [4.78, 5) is 10.3. The molecule has 0 heterocycles. The Morgan fingerprint density at radius 1 is 1.64 bits per heavy atom. The number of aliphatic carboxylic acids is 1. The summed E-state index contributed by atoms with van der Waals surface area (Å²) in [6, 6.07) is -0.417. The Bertz CT molecular complexity index is 227. The predicted octanol–water partition coefficient (Wildman–Crippen LogP) is -0.935. The van der Waals surface area contributed by atoms with Gasteiger partial charge in [0.1, 0.15) is 6.04 Å². The van der Waals surface area contributed by atoms with Crippen molar-refractivity contribution in [3.63, 3.8) is 0 Å². The van der Waals surface area contributed by atoms with E-state index in [1.165, 1.54) is 0 Å². The van der Waals surface area contributed by atoms with Gasteiger partial charge in [-0.25, -0.2) is 0 Å². The highest BCUT2D eigenvalue weighted by Gasteiger charge is 2.21. The van der Waals surface area contributed by atoms with E-state index in [0.717, 1.165) is 12.8 Å². The number of hydrogen-bond donors (Lipinski definition) is 5. The van der Waals surface area contributed by atoms with Crippen LogP contribution in [0, 0.1) is 5.41 Å². The predicted molar refractivity (Wildman–Crippen MR) is 52.1 cm³/mol. The molecule has 0 bridgehead atoms. The molecule has 14 heavy (non-hydrogen) atoms. The number of nitrogens with two attached hydrogens (primary N) is 1. The van der Waals surface area contributed by atoms with Crippen molar-refractivity contribution < 1.29 is 9.90 Å². The minimum Gasteiger partial charge on any atom is -0.480 e. The molecule has 0 aromatic rings. The van der Waals surface area contributed by atoms with Gasteiger partial charge >= 0.3 is 5.97 Å². The van der Waals surface area contributed by atoms with Gasteiger partial charge in [0.15, 0.2) is 5.96 Å². The quantitative estimate of drug-likeness (QED) is 0.291. The summed E-state index contributed by atoms with van der Waals surface area (Å²) >= 11 is 0. The zero-order valence-corrected chi connectivity index (χ0v) is 7.92. The smallest absolute Gasteiger partial charge is 0.320 e. The maximum Gasteiger partial charge on any atom is 0.320 e. The zero-order chi connectivity index (χ0) is 10.6. The van der Waals surface area contributed by atoms with Crippen molar-refractivity contribution in [2.45, 2.75) is 31.3 Å². The number of carboxylic acids is 1. The molecule has 0 unspecified atom stereocenters. The third kappa shape index (κ3) is 4.08. The molecule has 1 saturated carbocycles. The van der Waals surface area contributed by atoms with Gasteiger partial charge in [-0.3, -0.25) is 10.2 Å². The Balaban J connectivity index is 2.01. The lowest BCUT2D eigenvalue weighted by Crippen LogP contribution is -2.41. The van der Waals surface area contributed by atoms with Crippen LogP contribution in [0.3, 0.4) is 0 Å².